The molecule has 0 saturated heterocycles. The fourth-order valence-corrected chi connectivity index (χ4v) is 1.03. The van der Waals surface area contributed by atoms with E-state index >= 15 is 0 Å². The van der Waals surface area contributed by atoms with Crippen molar-refractivity contribution in [1.82, 2.24) is 4.90 Å². The lowest BCUT2D eigenvalue weighted by molar-refractivity contribution is -0.305. The maximum absolute atomic E-state index is 10.9. The Morgan fingerprint density at radius 3 is 2.31 bits per heavy atom. The van der Waals surface area contributed by atoms with Crippen LogP contribution in [0.5, 0.6) is 0 Å². The standard InChI is InChI=1S/C8H9NO4/c10-6-3-4-7(11)9(6)5-1-2-8(12)13/h3-4H,1-2,5H2,(H,12,13)/p-1. The normalized spacial score (nSPS) is 15.5. The second-order valence-corrected chi connectivity index (χ2v) is 2.64. The van der Waals surface area contributed by atoms with Crippen LogP contribution in [0.3, 0.4) is 0 Å². The number of nitrogens with zero attached hydrogens (tertiary/aromatic N) is 1. The first-order chi connectivity index (χ1) is 6.11. The number of rotatable bonds is 4. The highest BCUT2D eigenvalue weighted by Gasteiger charge is 2.21. The van der Waals surface area contributed by atoms with E-state index in [1.807, 2.05) is 0 Å². The third-order valence-corrected chi connectivity index (χ3v) is 1.66. The summed E-state index contributed by atoms with van der Waals surface area (Å²) < 4.78 is 0. The Bertz CT molecular complexity index is 264. The SMILES string of the molecule is O=C([O-])CCCN1C(=O)C=CC1=O. The van der Waals surface area contributed by atoms with Gasteiger partial charge in [0.1, 0.15) is 0 Å². The van der Waals surface area contributed by atoms with Crippen LogP contribution in [0, 0.1) is 0 Å². The number of amides is 2. The molecule has 0 saturated carbocycles. The van der Waals surface area contributed by atoms with Crippen molar-refractivity contribution in [2.75, 3.05) is 6.54 Å². The van der Waals surface area contributed by atoms with Gasteiger partial charge in [0, 0.05) is 24.7 Å². The van der Waals surface area contributed by atoms with Crippen molar-refractivity contribution in [3.63, 3.8) is 0 Å². The molecule has 0 aliphatic carbocycles. The van der Waals surface area contributed by atoms with Gasteiger partial charge in [0.2, 0.25) is 0 Å². The minimum atomic E-state index is -1.17. The number of aliphatic carboxylic acids is 1. The van der Waals surface area contributed by atoms with Gasteiger partial charge in [-0.15, -0.1) is 0 Å². The predicted octanol–water partition coefficient (Wildman–Crippen LogP) is -1.56. The van der Waals surface area contributed by atoms with Gasteiger partial charge in [0.05, 0.1) is 0 Å². The molecule has 70 valence electrons. The fourth-order valence-electron chi connectivity index (χ4n) is 1.03. The molecule has 2 amide bonds. The van der Waals surface area contributed by atoms with Crippen LogP contribution in [0.4, 0.5) is 0 Å². The van der Waals surface area contributed by atoms with Crippen molar-refractivity contribution in [3.8, 4) is 0 Å². The monoisotopic (exact) mass is 182 g/mol. The Kier molecular flexibility index (Phi) is 2.79. The largest absolute Gasteiger partial charge is 0.550 e. The summed E-state index contributed by atoms with van der Waals surface area (Å²) in [7, 11) is 0. The van der Waals surface area contributed by atoms with E-state index in [9.17, 15) is 19.5 Å². The molecule has 0 aromatic carbocycles. The summed E-state index contributed by atoms with van der Waals surface area (Å²) in [5.74, 6) is -1.95. The molecule has 1 aliphatic heterocycles. The van der Waals surface area contributed by atoms with Crippen LogP contribution in [0.25, 0.3) is 0 Å². The molecule has 0 unspecified atom stereocenters. The van der Waals surface area contributed by atoms with Crippen LogP contribution in [0.15, 0.2) is 12.2 Å². The van der Waals surface area contributed by atoms with Crippen molar-refractivity contribution in [2.24, 2.45) is 0 Å². The highest BCUT2D eigenvalue weighted by molar-refractivity contribution is 6.12. The first-order valence-electron chi connectivity index (χ1n) is 3.84. The smallest absolute Gasteiger partial charge is 0.253 e. The van der Waals surface area contributed by atoms with Gasteiger partial charge in [-0.3, -0.25) is 14.5 Å². The third kappa shape index (κ3) is 2.40. The topological polar surface area (TPSA) is 77.5 Å². The lowest BCUT2D eigenvalue weighted by Crippen LogP contribution is -2.32. The molecule has 0 radical (unpaired) electrons. The van der Waals surface area contributed by atoms with E-state index in [1.54, 1.807) is 0 Å². The Morgan fingerprint density at radius 1 is 1.31 bits per heavy atom. The van der Waals surface area contributed by atoms with E-state index < -0.39 is 5.97 Å². The Morgan fingerprint density at radius 2 is 1.85 bits per heavy atom. The van der Waals surface area contributed by atoms with Crippen molar-refractivity contribution >= 4 is 17.8 Å². The van der Waals surface area contributed by atoms with Crippen molar-refractivity contribution in [3.05, 3.63) is 12.2 Å². The van der Waals surface area contributed by atoms with Crippen molar-refractivity contribution in [1.29, 1.82) is 0 Å². The lowest BCUT2D eigenvalue weighted by atomic mass is 10.3. The number of carboxylic acid groups (broad SMARTS) is 1. The van der Waals surface area contributed by atoms with E-state index in [0.717, 1.165) is 4.90 Å². The highest BCUT2D eigenvalue weighted by Crippen LogP contribution is 2.04. The van der Waals surface area contributed by atoms with Gasteiger partial charge in [0.15, 0.2) is 0 Å². The summed E-state index contributed by atoms with van der Waals surface area (Å²) in [6.45, 7) is 0.138. The number of hydrogen-bond acceptors (Lipinski definition) is 4. The zero-order valence-corrected chi connectivity index (χ0v) is 6.86. The molecule has 13 heavy (non-hydrogen) atoms. The molecule has 0 bridgehead atoms. The molecule has 0 aromatic heterocycles. The van der Waals surface area contributed by atoms with Gasteiger partial charge in [-0.2, -0.15) is 0 Å². The molecule has 1 rings (SSSR count). The molecular formula is C8H8NO4-. The van der Waals surface area contributed by atoms with Crippen LogP contribution in [0.2, 0.25) is 0 Å². The molecule has 0 atom stereocenters. The molecule has 1 aliphatic rings. The number of hydrogen-bond donors (Lipinski definition) is 0. The van der Waals surface area contributed by atoms with Gasteiger partial charge in [0.25, 0.3) is 11.8 Å². The Balaban J connectivity index is 2.34. The quantitative estimate of drug-likeness (QED) is 0.493. The second kappa shape index (κ2) is 3.84. The maximum atomic E-state index is 10.9. The molecule has 5 nitrogen and oxygen atoms in total. The van der Waals surface area contributed by atoms with Gasteiger partial charge in [-0.1, -0.05) is 0 Å². The summed E-state index contributed by atoms with van der Waals surface area (Å²) in [4.78, 5) is 32.9. The molecular weight excluding hydrogens is 174 g/mol. The van der Waals surface area contributed by atoms with E-state index in [0.29, 0.717) is 0 Å². The first kappa shape index (κ1) is 9.44. The average molecular weight is 182 g/mol. The van der Waals surface area contributed by atoms with E-state index in [4.69, 9.17) is 0 Å². The van der Waals surface area contributed by atoms with Gasteiger partial charge in [-0.05, 0) is 12.8 Å². The molecule has 5 heteroatoms. The maximum Gasteiger partial charge on any atom is 0.253 e. The van der Waals surface area contributed by atoms with Gasteiger partial charge in [-0.25, -0.2) is 0 Å². The van der Waals surface area contributed by atoms with E-state index in [2.05, 4.69) is 0 Å². The Hall–Kier alpha value is -1.65. The highest BCUT2D eigenvalue weighted by atomic mass is 16.4. The van der Waals surface area contributed by atoms with Gasteiger partial charge < -0.3 is 9.90 Å². The first-order valence-corrected chi connectivity index (χ1v) is 3.84. The number of carbonyl (C=O) groups excluding carboxylic acids is 3. The molecule has 0 spiro atoms. The van der Waals surface area contributed by atoms with Crippen molar-refractivity contribution < 1.29 is 19.5 Å². The van der Waals surface area contributed by atoms with Crippen LogP contribution < -0.4 is 5.11 Å². The van der Waals surface area contributed by atoms with Gasteiger partial charge >= 0.3 is 0 Å². The summed E-state index contributed by atoms with van der Waals surface area (Å²) in [5.41, 5.74) is 0. The molecule has 1 heterocycles. The van der Waals surface area contributed by atoms with Crippen LogP contribution in [-0.4, -0.2) is 29.2 Å². The van der Waals surface area contributed by atoms with Crippen LogP contribution in [-0.2, 0) is 14.4 Å². The minimum Gasteiger partial charge on any atom is -0.550 e. The Labute approximate surface area is 74.6 Å². The summed E-state index contributed by atoms with van der Waals surface area (Å²) in [6, 6.07) is 0. The third-order valence-electron chi connectivity index (χ3n) is 1.66. The number of carboxylic acids is 1. The second-order valence-electron chi connectivity index (χ2n) is 2.64. The number of imide groups is 1. The van der Waals surface area contributed by atoms with E-state index in [1.165, 1.54) is 12.2 Å². The zero-order valence-electron chi connectivity index (χ0n) is 6.86. The minimum absolute atomic E-state index is 0.138. The van der Waals surface area contributed by atoms with Crippen LogP contribution >= 0.6 is 0 Å². The summed E-state index contributed by atoms with van der Waals surface area (Å²) in [5, 5.41) is 10.0. The average Bonchev–Trinajstić information content (AvgIpc) is 2.34. The van der Waals surface area contributed by atoms with E-state index in [-0.39, 0.29) is 31.2 Å². The number of carbonyl (C=O) groups is 3. The zero-order chi connectivity index (χ0) is 9.84. The summed E-state index contributed by atoms with van der Waals surface area (Å²) >= 11 is 0. The van der Waals surface area contributed by atoms with Crippen LogP contribution in [0.1, 0.15) is 12.8 Å². The summed E-state index contributed by atoms with van der Waals surface area (Å²) in [6.07, 6.45) is 2.43. The predicted molar refractivity (Wildman–Crippen MR) is 40.1 cm³/mol. The molecule has 0 aromatic rings. The molecule has 0 fully saturated rings. The fraction of sp³-hybridized carbons (Fsp3) is 0.375. The van der Waals surface area contributed by atoms with Crippen molar-refractivity contribution in [2.45, 2.75) is 12.8 Å². The lowest BCUT2D eigenvalue weighted by Gasteiger charge is -2.13. The molecule has 0 N–H and O–H groups in total.